The van der Waals surface area contributed by atoms with Crippen molar-refractivity contribution in [1.82, 2.24) is 25.1 Å². The van der Waals surface area contributed by atoms with Gasteiger partial charge in [0.05, 0.1) is 19.0 Å². The summed E-state index contributed by atoms with van der Waals surface area (Å²) in [5, 5.41) is 20.8. The van der Waals surface area contributed by atoms with E-state index < -0.39 is 11.9 Å². The van der Waals surface area contributed by atoms with Gasteiger partial charge in [-0.15, -0.1) is 5.10 Å². The highest BCUT2D eigenvalue weighted by atomic mass is 16.4. The standard InChI is InChI=1S/C12H23N5O2/c1-12(2,3)6-9(11(18)19)7-17-10(8-16(4)5)13-14-15-17/h9H,6-8H2,1-5H3,(H,18,19). The molecule has 1 aromatic rings. The van der Waals surface area contributed by atoms with E-state index in [2.05, 4.69) is 15.5 Å². The molecule has 1 heterocycles. The molecule has 1 aromatic heterocycles. The maximum absolute atomic E-state index is 11.3. The van der Waals surface area contributed by atoms with Crippen LogP contribution in [0.2, 0.25) is 0 Å². The van der Waals surface area contributed by atoms with Crippen molar-refractivity contribution in [3.63, 3.8) is 0 Å². The van der Waals surface area contributed by atoms with E-state index in [0.717, 1.165) is 0 Å². The summed E-state index contributed by atoms with van der Waals surface area (Å²) in [4.78, 5) is 13.3. The Balaban J connectivity index is 2.80. The first kappa shape index (κ1) is 15.6. The van der Waals surface area contributed by atoms with Crippen LogP contribution in [-0.2, 0) is 17.9 Å². The number of hydrogen-bond acceptors (Lipinski definition) is 5. The van der Waals surface area contributed by atoms with Gasteiger partial charge in [-0.1, -0.05) is 20.8 Å². The van der Waals surface area contributed by atoms with Gasteiger partial charge >= 0.3 is 5.97 Å². The van der Waals surface area contributed by atoms with Crippen molar-refractivity contribution in [1.29, 1.82) is 0 Å². The molecule has 0 bridgehead atoms. The van der Waals surface area contributed by atoms with Crippen LogP contribution >= 0.6 is 0 Å². The molecule has 0 aliphatic heterocycles. The highest BCUT2D eigenvalue weighted by Crippen LogP contribution is 2.25. The number of rotatable bonds is 6. The lowest BCUT2D eigenvalue weighted by atomic mass is 9.84. The summed E-state index contributed by atoms with van der Waals surface area (Å²) in [6.07, 6.45) is 0.587. The average molecular weight is 269 g/mol. The molecule has 0 spiro atoms. The molecule has 1 rings (SSSR count). The summed E-state index contributed by atoms with van der Waals surface area (Å²) in [6.45, 7) is 6.99. The molecule has 0 aliphatic carbocycles. The molecule has 0 amide bonds. The van der Waals surface area contributed by atoms with Crippen molar-refractivity contribution < 1.29 is 9.90 Å². The second kappa shape index (κ2) is 6.10. The number of aromatic nitrogens is 4. The number of nitrogens with zero attached hydrogens (tertiary/aromatic N) is 5. The fourth-order valence-electron chi connectivity index (χ4n) is 1.94. The van der Waals surface area contributed by atoms with Crippen LogP contribution < -0.4 is 0 Å². The molecule has 1 N–H and O–H groups in total. The maximum Gasteiger partial charge on any atom is 0.308 e. The van der Waals surface area contributed by atoms with E-state index in [1.165, 1.54) is 0 Å². The summed E-state index contributed by atoms with van der Waals surface area (Å²) >= 11 is 0. The molecule has 0 aliphatic rings. The van der Waals surface area contributed by atoms with Crippen molar-refractivity contribution in [2.24, 2.45) is 11.3 Å². The number of hydrogen-bond donors (Lipinski definition) is 1. The third-order valence-corrected chi connectivity index (χ3v) is 2.67. The number of aliphatic carboxylic acids is 1. The first-order valence-corrected chi connectivity index (χ1v) is 6.31. The van der Waals surface area contributed by atoms with Crippen molar-refractivity contribution >= 4 is 5.97 Å². The number of carboxylic acids is 1. The molecule has 0 radical (unpaired) electrons. The fourth-order valence-corrected chi connectivity index (χ4v) is 1.94. The lowest BCUT2D eigenvalue weighted by Crippen LogP contribution is -2.27. The van der Waals surface area contributed by atoms with E-state index in [-0.39, 0.29) is 5.41 Å². The maximum atomic E-state index is 11.3. The van der Waals surface area contributed by atoms with E-state index >= 15 is 0 Å². The molecule has 0 saturated heterocycles. The predicted octanol–water partition coefficient (Wildman–Crippen LogP) is 0.872. The largest absolute Gasteiger partial charge is 0.481 e. The Bertz CT molecular complexity index is 422. The smallest absolute Gasteiger partial charge is 0.308 e. The van der Waals surface area contributed by atoms with Crippen LogP contribution in [0, 0.1) is 11.3 Å². The molecule has 19 heavy (non-hydrogen) atoms. The molecule has 7 nitrogen and oxygen atoms in total. The minimum Gasteiger partial charge on any atom is -0.481 e. The van der Waals surface area contributed by atoms with Gasteiger partial charge < -0.3 is 10.0 Å². The van der Waals surface area contributed by atoms with Crippen molar-refractivity contribution in [2.45, 2.75) is 40.3 Å². The number of carboxylic acid groups (broad SMARTS) is 1. The normalized spacial score (nSPS) is 13.8. The van der Waals surface area contributed by atoms with Gasteiger partial charge in [0.25, 0.3) is 0 Å². The van der Waals surface area contributed by atoms with Crippen LogP contribution in [0.25, 0.3) is 0 Å². The highest BCUT2D eigenvalue weighted by molar-refractivity contribution is 5.69. The molecule has 0 fully saturated rings. The molecule has 0 aromatic carbocycles. The minimum absolute atomic E-state index is 0.0429. The van der Waals surface area contributed by atoms with Gasteiger partial charge in [-0.25, -0.2) is 4.68 Å². The van der Waals surface area contributed by atoms with Crippen molar-refractivity contribution in [3.05, 3.63) is 5.82 Å². The monoisotopic (exact) mass is 269 g/mol. The van der Waals surface area contributed by atoms with Crippen LogP contribution in [0.3, 0.4) is 0 Å². The zero-order valence-corrected chi connectivity index (χ0v) is 12.3. The van der Waals surface area contributed by atoms with E-state index in [1.807, 2.05) is 39.8 Å². The molecule has 108 valence electrons. The Morgan fingerprint density at radius 2 is 2.05 bits per heavy atom. The molecule has 0 saturated carbocycles. The zero-order valence-electron chi connectivity index (χ0n) is 12.3. The molecule has 1 unspecified atom stereocenters. The van der Waals surface area contributed by atoms with E-state index in [1.54, 1.807) is 4.68 Å². The van der Waals surface area contributed by atoms with Crippen molar-refractivity contribution in [2.75, 3.05) is 14.1 Å². The molecule has 7 heteroatoms. The number of carbonyl (C=O) groups is 1. The third-order valence-electron chi connectivity index (χ3n) is 2.67. The van der Waals surface area contributed by atoms with Crippen LogP contribution in [0.15, 0.2) is 0 Å². The first-order valence-electron chi connectivity index (χ1n) is 6.31. The first-order chi connectivity index (χ1) is 8.69. The van der Waals surface area contributed by atoms with Crippen molar-refractivity contribution in [3.8, 4) is 0 Å². The van der Waals surface area contributed by atoms with Crippen LogP contribution in [0.4, 0.5) is 0 Å². The van der Waals surface area contributed by atoms with E-state index in [0.29, 0.717) is 25.3 Å². The Labute approximate surface area is 113 Å². The van der Waals surface area contributed by atoms with Gasteiger partial charge in [-0.05, 0) is 36.4 Å². The third kappa shape index (κ3) is 5.34. The lowest BCUT2D eigenvalue weighted by molar-refractivity contribution is -0.143. The van der Waals surface area contributed by atoms with Gasteiger partial charge in [0.1, 0.15) is 0 Å². The SMILES string of the molecule is CN(C)Cc1nnnn1CC(CC(C)(C)C)C(=O)O. The number of tetrazole rings is 1. The second-order valence-electron chi connectivity index (χ2n) is 6.31. The second-order valence-corrected chi connectivity index (χ2v) is 6.31. The van der Waals surface area contributed by atoms with Gasteiger partial charge in [-0.3, -0.25) is 4.79 Å². The Hall–Kier alpha value is -1.50. The fraction of sp³-hybridized carbons (Fsp3) is 0.833. The lowest BCUT2D eigenvalue weighted by Gasteiger charge is -2.23. The molecule has 1 atom stereocenters. The van der Waals surface area contributed by atoms with Crippen LogP contribution in [0.5, 0.6) is 0 Å². The summed E-state index contributed by atoms with van der Waals surface area (Å²) < 4.78 is 1.59. The minimum atomic E-state index is -0.804. The van der Waals surface area contributed by atoms with Crippen LogP contribution in [-0.4, -0.2) is 50.3 Å². The van der Waals surface area contributed by atoms with Gasteiger partial charge in [0.2, 0.25) is 0 Å². The van der Waals surface area contributed by atoms with E-state index in [9.17, 15) is 9.90 Å². The Morgan fingerprint density at radius 1 is 1.42 bits per heavy atom. The van der Waals surface area contributed by atoms with Gasteiger partial charge in [-0.2, -0.15) is 0 Å². The average Bonchev–Trinajstić information content (AvgIpc) is 2.61. The Kier molecular flexibility index (Phi) is 4.99. The Morgan fingerprint density at radius 3 is 2.53 bits per heavy atom. The van der Waals surface area contributed by atoms with Crippen LogP contribution in [0.1, 0.15) is 33.0 Å². The van der Waals surface area contributed by atoms with Gasteiger partial charge in [0, 0.05) is 0 Å². The predicted molar refractivity (Wildman–Crippen MR) is 70.4 cm³/mol. The molecular weight excluding hydrogens is 246 g/mol. The summed E-state index contributed by atoms with van der Waals surface area (Å²) in [5.74, 6) is -0.601. The summed E-state index contributed by atoms with van der Waals surface area (Å²) in [6, 6.07) is 0. The van der Waals surface area contributed by atoms with Gasteiger partial charge in [0.15, 0.2) is 5.82 Å². The summed E-state index contributed by atoms with van der Waals surface area (Å²) in [5.41, 5.74) is -0.0429. The summed E-state index contributed by atoms with van der Waals surface area (Å²) in [7, 11) is 3.84. The zero-order chi connectivity index (χ0) is 14.6. The molecular formula is C12H23N5O2. The van der Waals surface area contributed by atoms with E-state index in [4.69, 9.17) is 0 Å². The highest BCUT2D eigenvalue weighted by Gasteiger charge is 2.26. The quantitative estimate of drug-likeness (QED) is 0.825. The topological polar surface area (TPSA) is 84.1 Å².